The Morgan fingerprint density at radius 1 is 0.333 bits per heavy atom. The summed E-state index contributed by atoms with van der Waals surface area (Å²) in [6.07, 6.45) is 0. The fraction of sp³-hybridized carbons (Fsp3) is 0. The Kier molecular flexibility index (Phi) is 10.1. The Labute approximate surface area is 390 Å². The van der Waals surface area contributed by atoms with E-state index in [1.54, 1.807) is 0 Å². The Balaban J connectivity index is 0.885. The van der Waals surface area contributed by atoms with Crippen molar-refractivity contribution in [3.05, 3.63) is 261 Å². The van der Waals surface area contributed by atoms with E-state index in [0.717, 1.165) is 45.4 Å². The lowest BCUT2D eigenvalue weighted by Gasteiger charge is -2.33. The predicted octanol–water partition coefficient (Wildman–Crippen LogP) is 17.7. The first-order chi connectivity index (χ1) is 32.7. The molecule has 0 aliphatic carbocycles. The number of hydrogen-bond donors (Lipinski definition) is 0. The lowest BCUT2D eigenvalue weighted by Crippen LogP contribution is -2.18. The number of para-hydroxylation sites is 4. The van der Waals surface area contributed by atoms with Gasteiger partial charge in [-0.3, -0.25) is 9.47 Å². The molecule has 0 amide bonds. The molecule has 4 heteroatoms. The Morgan fingerprint density at radius 3 is 1.50 bits per heavy atom. The zero-order valence-corrected chi connectivity index (χ0v) is 36.9. The molecule has 0 atom stereocenters. The highest BCUT2D eigenvalue weighted by Gasteiger charge is 2.32. The van der Waals surface area contributed by atoms with Gasteiger partial charge in [-0.15, -0.1) is 0 Å². The summed E-state index contributed by atoms with van der Waals surface area (Å²) in [4.78, 5) is 7.29. The van der Waals surface area contributed by atoms with Crippen LogP contribution in [0.1, 0.15) is 0 Å². The number of fused-ring (bicyclic) bond motifs is 4. The quantitative estimate of drug-likeness (QED) is 0.143. The minimum Gasteiger partial charge on any atom is -0.310 e. The monoisotopic (exact) mass is 861 g/mol. The highest BCUT2D eigenvalue weighted by molar-refractivity contribution is 8.00. The fourth-order valence-electron chi connectivity index (χ4n) is 9.46. The molecule has 0 bridgehead atoms. The van der Waals surface area contributed by atoms with Gasteiger partial charge in [-0.25, -0.2) is 0 Å². The largest absolute Gasteiger partial charge is 0.310 e. The van der Waals surface area contributed by atoms with E-state index in [0.29, 0.717) is 0 Å². The third kappa shape index (κ3) is 7.14. The lowest BCUT2D eigenvalue weighted by atomic mass is 9.94. The zero-order chi connectivity index (χ0) is 43.8. The first kappa shape index (κ1) is 39.3. The van der Waals surface area contributed by atoms with Crippen LogP contribution in [-0.4, -0.2) is 4.57 Å². The van der Waals surface area contributed by atoms with Crippen LogP contribution < -0.4 is 9.80 Å². The highest BCUT2D eigenvalue weighted by atomic mass is 32.2. The van der Waals surface area contributed by atoms with Crippen LogP contribution in [0.3, 0.4) is 0 Å². The summed E-state index contributed by atoms with van der Waals surface area (Å²) in [7, 11) is 0. The third-order valence-electron chi connectivity index (χ3n) is 12.6. The van der Waals surface area contributed by atoms with E-state index in [4.69, 9.17) is 0 Å². The van der Waals surface area contributed by atoms with Crippen LogP contribution in [0, 0.1) is 0 Å². The van der Waals surface area contributed by atoms with Crippen molar-refractivity contribution >= 4 is 56.9 Å². The summed E-state index contributed by atoms with van der Waals surface area (Å²) in [5, 5.41) is 1.25. The maximum Gasteiger partial charge on any atom is 0.137 e. The molecule has 0 fully saturated rings. The Morgan fingerprint density at radius 2 is 0.818 bits per heavy atom. The van der Waals surface area contributed by atoms with Gasteiger partial charge in [-0.2, -0.15) is 0 Å². The van der Waals surface area contributed by atoms with E-state index in [2.05, 4.69) is 275 Å². The SMILES string of the molecule is c1ccc(-c2ccccc2-c2ccc(N(c3ccccc3)c3cccc(-c4ccc(-c5ccc6c(c5)N(c5ccccc5)c5c(c7ccccc7n5-c5ccccc5)S6)cc4)c3)cc2)cc1. The van der Waals surface area contributed by atoms with Gasteiger partial charge in [-0.1, -0.05) is 194 Å². The predicted molar refractivity (Wildman–Crippen MR) is 279 cm³/mol. The molecule has 2 heterocycles. The summed E-state index contributed by atoms with van der Waals surface area (Å²) in [6, 6.07) is 94.1. The number of anilines is 6. The summed E-state index contributed by atoms with van der Waals surface area (Å²) in [5.74, 6) is 1.16. The molecule has 1 aliphatic rings. The third-order valence-corrected chi connectivity index (χ3v) is 13.7. The molecule has 12 rings (SSSR count). The van der Waals surface area contributed by atoms with Crippen molar-refractivity contribution in [3.63, 3.8) is 0 Å². The topological polar surface area (TPSA) is 11.4 Å². The highest BCUT2D eigenvalue weighted by Crippen LogP contribution is 2.56. The molecular weight excluding hydrogens is 819 g/mol. The molecule has 3 nitrogen and oxygen atoms in total. The van der Waals surface area contributed by atoms with E-state index in [-0.39, 0.29) is 0 Å². The molecule has 11 aromatic rings. The molecule has 66 heavy (non-hydrogen) atoms. The van der Waals surface area contributed by atoms with Gasteiger partial charge in [0.1, 0.15) is 5.82 Å². The standard InChI is InChI=1S/C62H43N3S/c1-5-18-46(19-6-1)55-28-13-14-29-56(55)47-36-39-53(40-37-47)63(50-21-7-2-8-22-50)54-27-17-20-48(42-54)44-32-34-45(35-33-44)49-38-41-60-59(43-49)65(52-25-11-4-12-26-52)62-61(66-60)57-30-15-16-31-58(57)64(62)51-23-9-3-10-24-51/h1-43H. The van der Waals surface area contributed by atoms with Crippen molar-refractivity contribution in [2.45, 2.75) is 9.79 Å². The normalized spacial score (nSPS) is 11.8. The van der Waals surface area contributed by atoms with Crippen LogP contribution >= 0.6 is 11.8 Å². The molecule has 10 aromatic carbocycles. The summed E-state index contributed by atoms with van der Waals surface area (Å²) < 4.78 is 2.42. The fourth-order valence-corrected chi connectivity index (χ4v) is 10.6. The molecule has 312 valence electrons. The Hall–Kier alpha value is -8.31. The minimum absolute atomic E-state index is 1.10. The van der Waals surface area contributed by atoms with Crippen molar-refractivity contribution in [2.75, 3.05) is 9.80 Å². The van der Waals surface area contributed by atoms with E-state index >= 15 is 0 Å². The summed E-state index contributed by atoms with van der Waals surface area (Å²) >= 11 is 1.86. The van der Waals surface area contributed by atoms with Crippen molar-refractivity contribution in [3.8, 4) is 50.2 Å². The molecule has 0 unspecified atom stereocenters. The van der Waals surface area contributed by atoms with Crippen LogP contribution in [0.4, 0.5) is 34.3 Å². The number of aromatic nitrogens is 1. The zero-order valence-electron chi connectivity index (χ0n) is 36.1. The molecule has 0 spiro atoms. The number of benzene rings is 10. The van der Waals surface area contributed by atoms with Gasteiger partial charge in [0, 0.05) is 38.7 Å². The molecule has 0 N–H and O–H groups in total. The molecule has 1 aliphatic heterocycles. The van der Waals surface area contributed by atoms with Gasteiger partial charge >= 0.3 is 0 Å². The first-order valence-corrected chi connectivity index (χ1v) is 23.2. The van der Waals surface area contributed by atoms with Gasteiger partial charge in [0.25, 0.3) is 0 Å². The van der Waals surface area contributed by atoms with Crippen LogP contribution in [0.15, 0.2) is 271 Å². The van der Waals surface area contributed by atoms with E-state index in [1.807, 2.05) is 11.8 Å². The molecule has 0 saturated heterocycles. The van der Waals surface area contributed by atoms with Crippen LogP contribution in [0.2, 0.25) is 0 Å². The van der Waals surface area contributed by atoms with Gasteiger partial charge in [0.2, 0.25) is 0 Å². The second kappa shape index (κ2) is 17.0. The Bertz CT molecular complexity index is 3480. The molecule has 0 saturated carbocycles. The number of hydrogen-bond acceptors (Lipinski definition) is 3. The average molecular weight is 862 g/mol. The minimum atomic E-state index is 1.10. The number of nitrogens with zero attached hydrogens (tertiary/aromatic N) is 3. The van der Waals surface area contributed by atoms with Crippen LogP contribution in [0.25, 0.3) is 61.1 Å². The van der Waals surface area contributed by atoms with E-state index in [9.17, 15) is 0 Å². The maximum absolute atomic E-state index is 2.45. The second-order valence-electron chi connectivity index (χ2n) is 16.6. The van der Waals surface area contributed by atoms with Gasteiger partial charge in [0.15, 0.2) is 0 Å². The van der Waals surface area contributed by atoms with Crippen LogP contribution in [-0.2, 0) is 0 Å². The average Bonchev–Trinajstić information content (AvgIpc) is 3.73. The molecule has 1 aromatic heterocycles. The smallest absolute Gasteiger partial charge is 0.137 e. The van der Waals surface area contributed by atoms with Gasteiger partial charge < -0.3 is 4.90 Å². The lowest BCUT2D eigenvalue weighted by molar-refractivity contribution is 1.03. The van der Waals surface area contributed by atoms with Crippen molar-refractivity contribution < 1.29 is 0 Å². The van der Waals surface area contributed by atoms with E-state index in [1.165, 1.54) is 59.8 Å². The second-order valence-corrected chi connectivity index (χ2v) is 17.6. The molecule has 0 radical (unpaired) electrons. The summed E-state index contributed by atoms with van der Waals surface area (Å²) in [5.41, 5.74) is 17.4. The maximum atomic E-state index is 2.45. The van der Waals surface area contributed by atoms with Crippen molar-refractivity contribution in [1.29, 1.82) is 0 Å². The van der Waals surface area contributed by atoms with Crippen molar-refractivity contribution in [2.24, 2.45) is 0 Å². The van der Waals surface area contributed by atoms with Gasteiger partial charge in [-0.05, 0) is 123 Å². The first-order valence-electron chi connectivity index (χ1n) is 22.4. The van der Waals surface area contributed by atoms with Crippen molar-refractivity contribution in [1.82, 2.24) is 4.57 Å². The van der Waals surface area contributed by atoms with Gasteiger partial charge in [0.05, 0.1) is 16.1 Å². The molecular formula is C62H43N3S. The summed E-state index contributed by atoms with van der Waals surface area (Å²) in [6.45, 7) is 0. The number of rotatable bonds is 9. The van der Waals surface area contributed by atoms with E-state index < -0.39 is 0 Å². The van der Waals surface area contributed by atoms with Crippen LogP contribution in [0.5, 0.6) is 0 Å².